The van der Waals surface area contributed by atoms with Crippen LogP contribution in [0.1, 0.15) is 54.4 Å². The number of aliphatic hydroxyl groups excluding tert-OH is 1. The van der Waals surface area contributed by atoms with E-state index in [1.165, 1.54) is 12.0 Å². The zero-order valence-corrected chi connectivity index (χ0v) is 11.7. The van der Waals surface area contributed by atoms with Gasteiger partial charge in [0.15, 0.2) is 0 Å². The van der Waals surface area contributed by atoms with Gasteiger partial charge in [0.05, 0.1) is 5.76 Å². The molecule has 1 unspecified atom stereocenters. The maximum Gasteiger partial charge on any atom is 0.0919 e. The molecule has 94 valence electrons. The Labute approximate surface area is 101 Å². The van der Waals surface area contributed by atoms with E-state index in [4.69, 9.17) is 0 Å². The summed E-state index contributed by atoms with van der Waals surface area (Å²) in [6.45, 7) is 13.2. The van der Waals surface area contributed by atoms with Gasteiger partial charge in [0.25, 0.3) is 0 Å². The largest absolute Gasteiger partial charge is 0.512 e. The lowest BCUT2D eigenvalue weighted by Gasteiger charge is -2.23. The van der Waals surface area contributed by atoms with E-state index < -0.39 is 0 Å². The second kappa shape index (κ2) is 7.54. The van der Waals surface area contributed by atoms with Gasteiger partial charge in [-0.2, -0.15) is 0 Å². The predicted molar refractivity (Wildman–Crippen MR) is 72.5 cm³/mol. The van der Waals surface area contributed by atoms with Crippen LogP contribution in [-0.4, -0.2) is 5.11 Å². The van der Waals surface area contributed by atoms with Crippen molar-refractivity contribution in [2.45, 2.75) is 54.4 Å². The van der Waals surface area contributed by atoms with Gasteiger partial charge in [-0.3, -0.25) is 0 Å². The van der Waals surface area contributed by atoms with Crippen molar-refractivity contribution in [3.8, 4) is 0 Å². The summed E-state index contributed by atoms with van der Waals surface area (Å²) < 4.78 is 0. The van der Waals surface area contributed by atoms with Crippen molar-refractivity contribution in [2.24, 2.45) is 17.8 Å². The Morgan fingerprint density at radius 1 is 1.12 bits per heavy atom. The second-order valence-electron chi connectivity index (χ2n) is 5.40. The second-order valence-corrected chi connectivity index (χ2v) is 5.40. The third kappa shape index (κ3) is 5.99. The summed E-state index contributed by atoms with van der Waals surface area (Å²) in [5, 5.41) is 9.43. The highest BCUT2D eigenvalue weighted by Gasteiger charge is 2.16. The first-order valence-electron chi connectivity index (χ1n) is 6.44. The van der Waals surface area contributed by atoms with Crippen LogP contribution in [0, 0.1) is 17.8 Å². The quantitative estimate of drug-likeness (QED) is 0.491. The van der Waals surface area contributed by atoms with Crippen LogP contribution in [-0.2, 0) is 0 Å². The maximum atomic E-state index is 9.43. The Morgan fingerprint density at radius 2 is 1.69 bits per heavy atom. The van der Waals surface area contributed by atoms with Gasteiger partial charge in [-0.15, -0.1) is 0 Å². The van der Waals surface area contributed by atoms with E-state index in [1.54, 1.807) is 0 Å². The molecule has 0 spiro atoms. The molecule has 1 nitrogen and oxygen atoms in total. The molecule has 0 rings (SSSR count). The molecule has 0 aliphatic heterocycles. The van der Waals surface area contributed by atoms with Gasteiger partial charge < -0.3 is 5.11 Å². The molecule has 16 heavy (non-hydrogen) atoms. The molecule has 1 N–H and O–H groups in total. The Bertz CT molecular complexity index is 246. The first kappa shape index (κ1) is 15.3. The molecule has 0 amide bonds. The SMILES string of the molecule is CC/C(O)=C\C=C(/C)C(CC(C)C)C(C)C. The molecule has 0 saturated heterocycles. The molecule has 0 aliphatic rings. The fraction of sp³-hybridized carbons (Fsp3) is 0.733. The summed E-state index contributed by atoms with van der Waals surface area (Å²) in [6, 6.07) is 0. The van der Waals surface area contributed by atoms with Gasteiger partial charge in [-0.05, 0) is 37.2 Å². The fourth-order valence-electron chi connectivity index (χ4n) is 1.96. The van der Waals surface area contributed by atoms with Gasteiger partial charge in [0, 0.05) is 6.42 Å². The van der Waals surface area contributed by atoms with Crippen molar-refractivity contribution in [1.29, 1.82) is 0 Å². The molecule has 0 aromatic rings. The minimum atomic E-state index is 0.464. The lowest BCUT2D eigenvalue weighted by molar-refractivity contribution is 0.362. The molecule has 0 aromatic heterocycles. The first-order valence-corrected chi connectivity index (χ1v) is 6.44. The molecule has 0 bridgehead atoms. The highest BCUT2D eigenvalue weighted by Crippen LogP contribution is 2.27. The first-order chi connectivity index (χ1) is 7.38. The van der Waals surface area contributed by atoms with E-state index in [9.17, 15) is 5.11 Å². The van der Waals surface area contributed by atoms with E-state index >= 15 is 0 Å². The van der Waals surface area contributed by atoms with Crippen molar-refractivity contribution in [3.05, 3.63) is 23.5 Å². The molecular formula is C15H28O. The maximum absolute atomic E-state index is 9.43. The van der Waals surface area contributed by atoms with Crippen LogP contribution in [0.25, 0.3) is 0 Å². The number of rotatable bonds is 6. The number of hydrogen-bond acceptors (Lipinski definition) is 1. The normalized spacial score (nSPS) is 16.0. The Kier molecular flexibility index (Phi) is 7.20. The van der Waals surface area contributed by atoms with E-state index in [1.807, 2.05) is 13.0 Å². The minimum absolute atomic E-state index is 0.464. The van der Waals surface area contributed by atoms with Crippen LogP contribution >= 0.6 is 0 Å². The molecule has 0 radical (unpaired) electrons. The number of allylic oxidation sites excluding steroid dienone is 4. The highest BCUT2D eigenvalue weighted by molar-refractivity contribution is 5.15. The summed E-state index contributed by atoms with van der Waals surface area (Å²) in [5.74, 6) is 2.47. The van der Waals surface area contributed by atoms with Gasteiger partial charge in [0.1, 0.15) is 0 Å². The number of hydrogen-bond donors (Lipinski definition) is 1. The Hall–Kier alpha value is -0.720. The average molecular weight is 224 g/mol. The van der Waals surface area contributed by atoms with Crippen molar-refractivity contribution in [2.75, 3.05) is 0 Å². The Balaban J connectivity index is 4.67. The standard InChI is InChI=1S/C15H28O/c1-7-14(16)9-8-13(6)15(12(4)5)10-11(2)3/h8-9,11-12,15-16H,7,10H2,1-6H3/b13-8+,14-9+. The van der Waals surface area contributed by atoms with Crippen LogP contribution in [0.4, 0.5) is 0 Å². The van der Waals surface area contributed by atoms with Crippen LogP contribution in [0.2, 0.25) is 0 Å². The lowest BCUT2D eigenvalue weighted by atomic mass is 9.82. The topological polar surface area (TPSA) is 20.2 Å². The third-order valence-corrected chi connectivity index (χ3v) is 3.02. The average Bonchev–Trinajstić information content (AvgIpc) is 2.21. The molecule has 0 saturated carbocycles. The highest BCUT2D eigenvalue weighted by atomic mass is 16.3. The van der Waals surface area contributed by atoms with Crippen LogP contribution in [0.3, 0.4) is 0 Å². The predicted octanol–water partition coefficient (Wildman–Crippen LogP) is 5.10. The molecule has 0 aromatic carbocycles. The zero-order valence-electron chi connectivity index (χ0n) is 11.7. The van der Waals surface area contributed by atoms with Crippen LogP contribution in [0.5, 0.6) is 0 Å². The van der Waals surface area contributed by atoms with Gasteiger partial charge in [0.2, 0.25) is 0 Å². The van der Waals surface area contributed by atoms with Crippen molar-refractivity contribution < 1.29 is 5.11 Å². The number of aliphatic hydroxyl groups is 1. The van der Waals surface area contributed by atoms with Crippen LogP contribution < -0.4 is 0 Å². The van der Waals surface area contributed by atoms with Crippen molar-refractivity contribution in [3.63, 3.8) is 0 Å². The molecule has 0 aliphatic carbocycles. The van der Waals surface area contributed by atoms with E-state index in [0.717, 1.165) is 5.92 Å². The van der Waals surface area contributed by atoms with E-state index in [0.29, 0.717) is 24.0 Å². The summed E-state index contributed by atoms with van der Waals surface area (Å²) in [5.41, 5.74) is 1.38. The van der Waals surface area contributed by atoms with E-state index in [2.05, 4.69) is 40.7 Å². The third-order valence-electron chi connectivity index (χ3n) is 3.02. The lowest BCUT2D eigenvalue weighted by Crippen LogP contribution is -2.13. The molecule has 0 heterocycles. The fourth-order valence-corrected chi connectivity index (χ4v) is 1.96. The molecule has 1 atom stereocenters. The van der Waals surface area contributed by atoms with Crippen LogP contribution in [0.15, 0.2) is 23.5 Å². The van der Waals surface area contributed by atoms with Gasteiger partial charge in [-0.25, -0.2) is 0 Å². The summed E-state index contributed by atoms with van der Waals surface area (Å²) in [4.78, 5) is 0. The van der Waals surface area contributed by atoms with Crippen molar-refractivity contribution in [1.82, 2.24) is 0 Å². The summed E-state index contributed by atoms with van der Waals surface area (Å²) in [7, 11) is 0. The summed E-state index contributed by atoms with van der Waals surface area (Å²) >= 11 is 0. The van der Waals surface area contributed by atoms with Crippen molar-refractivity contribution >= 4 is 0 Å². The molecule has 0 fully saturated rings. The molecule has 1 heteroatoms. The van der Waals surface area contributed by atoms with Gasteiger partial charge in [-0.1, -0.05) is 46.3 Å². The summed E-state index contributed by atoms with van der Waals surface area (Å²) in [6.07, 6.45) is 5.85. The minimum Gasteiger partial charge on any atom is -0.512 e. The van der Waals surface area contributed by atoms with Gasteiger partial charge >= 0.3 is 0 Å². The monoisotopic (exact) mass is 224 g/mol. The zero-order chi connectivity index (χ0) is 12.7. The Morgan fingerprint density at radius 3 is 2.06 bits per heavy atom. The smallest absolute Gasteiger partial charge is 0.0919 e. The van der Waals surface area contributed by atoms with E-state index in [-0.39, 0.29) is 0 Å². The molecular weight excluding hydrogens is 196 g/mol.